The SMILES string of the molecule is Cc1cc(NC2CCOC2)ncc1I. The first-order chi connectivity index (χ1) is 6.75. The largest absolute Gasteiger partial charge is 0.379 e. The molecule has 1 fully saturated rings. The Hall–Kier alpha value is -0.360. The van der Waals surface area contributed by atoms with E-state index in [1.54, 1.807) is 0 Å². The van der Waals surface area contributed by atoms with Crippen LogP contribution in [0.25, 0.3) is 0 Å². The summed E-state index contributed by atoms with van der Waals surface area (Å²) in [6.07, 6.45) is 2.97. The molecule has 1 atom stereocenters. The Bertz CT molecular complexity index is 324. The first kappa shape index (κ1) is 10.2. The number of hydrogen-bond donors (Lipinski definition) is 1. The molecule has 14 heavy (non-hydrogen) atoms. The van der Waals surface area contributed by atoms with Gasteiger partial charge in [0.05, 0.1) is 12.6 Å². The lowest BCUT2D eigenvalue weighted by Gasteiger charge is -2.11. The van der Waals surface area contributed by atoms with E-state index in [1.165, 1.54) is 9.13 Å². The zero-order valence-corrected chi connectivity index (χ0v) is 10.2. The van der Waals surface area contributed by atoms with E-state index in [0.717, 1.165) is 25.5 Å². The standard InChI is InChI=1S/C10H13IN2O/c1-7-4-10(12-5-9(7)11)13-8-2-3-14-6-8/h4-5,8H,2-3,6H2,1H3,(H,12,13). The van der Waals surface area contributed by atoms with E-state index in [1.807, 2.05) is 6.20 Å². The predicted octanol–water partition coefficient (Wildman–Crippen LogP) is 2.20. The molecule has 2 heterocycles. The second kappa shape index (κ2) is 4.44. The molecule has 1 aromatic heterocycles. The molecule has 1 aliphatic rings. The van der Waals surface area contributed by atoms with E-state index in [9.17, 15) is 0 Å². The van der Waals surface area contributed by atoms with Gasteiger partial charge < -0.3 is 10.1 Å². The van der Waals surface area contributed by atoms with Crippen LogP contribution in [0.4, 0.5) is 5.82 Å². The van der Waals surface area contributed by atoms with Crippen LogP contribution in [0.5, 0.6) is 0 Å². The van der Waals surface area contributed by atoms with Gasteiger partial charge in [-0.15, -0.1) is 0 Å². The van der Waals surface area contributed by atoms with Crippen LogP contribution in [0.1, 0.15) is 12.0 Å². The zero-order chi connectivity index (χ0) is 9.97. The highest BCUT2D eigenvalue weighted by atomic mass is 127. The fourth-order valence-corrected chi connectivity index (χ4v) is 1.77. The topological polar surface area (TPSA) is 34.1 Å². The number of rotatable bonds is 2. The molecular weight excluding hydrogens is 291 g/mol. The fourth-order valence-electron chi connectivity index (χ4n) is 1.48. The number of aryl methyl sites for hydroxylation is 1. The number of ether oxygens (including phenoxy) is 1. The number of aromatic nitrogens is 1. The lowest BCUT2D eigenvalue weighted by Crippen LogP contribution is -2.19. The van der Waals surface area contributed by atoms with Crippen molar-refractivity contribution in [1.82, 2.24) is 4.98 Å². The van der Waals surface area contributed by atoms with Gasteiger partial charge in [-0.3, -0.25) is 0 Å². The maximum Gasteiger partial charge on any atom is 0.126 e. The molecule has 1 unspecified atom stereocenters. The van der Waals surface area contributed by atoms with Crippen LogP contribution in [0.3, 0.4) is 0 Å². The molecule has 1 aliphatic heterocycles. The van der Waals surface area contributed by atoms with E-state index >= 15 is 0 Å². The van der Waals surface area contributed by atoms with E-state index in [2.05, 4.69) is 45.9 Å². The Morgan fingerprint density at radius 1 is 1.64 bits per heavy atom. The zero-order valence-electron chi connectivity index (χ0n) is 8.09. The summed E-state index contributed by atoms with van der Waals surface area (Å²) in [6, 6.07) is 2.52. The Labute approximate surface area is 97.4 Å². The number of pyridine rings is 1. The second-order valence-electron chi connectivity index (χ2n) is 3.52. The smallest absolute Gasteiger partial charge is 0.126 e. The van der Waals surface area contributed by atoms with Gasteiger partial charge in [-0.05, 0) is 47.6 Å². The van der Waals surface area contributed by atoms with Crippen LogP contribution in [-0.4, -0.2) is 24.2 Å². The molecule has 1 saturated heterocycles. The van der Waals surface area contributed by atoms with Crippen LogP contribution in [-0.2, 0) is 4.74 Å². The Balaban J connectivity index is 2.05. The third kappa shape index (κ3) is 2.36. The van der Waals surface area contributed by atoms with Crippen molar-refractivity contribution in [1.29, 1.82) is 0 Å². The maximum absolute atomic E-state index is 5.29. The highest BCUT2D eigenvalue weighted by Crippen LogP contribution is 2.16. The second-order valence-corrected chi connectivity index (χ2v) is 4.69. The highest BCUT2D eigenvalue weighted by molar-refractivity contribution is 14.1. The molecule has 76 valence electrons. The summed E-state index contributed by atoms with van der Waals surface area (Å²) < 4.78 is 6.50. The summed E-state index contributed by atoms with van der Waals surface area (Å²) in [4.78, 5) is 4.33. The van der Waals surface area contributed by atoms with E-state index < -0.39 is 0 Å². The lowest BCUT2D eigenvalue weighted by atomic mass is 10.2. The average molecular weight is 304 g/mol. The number of halogens is 1. The summed E-state index contributed by atoms with van der Waals surface area (Å²) >= 11 is 2.29. The van der Waals surface area contributed by atoms with Crippen molar-refractivity contribution in [2.75, 3.05) is 18.5 Å². The third-order valence-corrected chi connectivity index (χ3v) is 3.46. The van der Waals surface area contributed by atoms with Gasteiger partial charge in [-0.2, -0.15) is 0 Å². The molecule has 4 heteroatoms. The summed E-state index contributed by atoms with van der Waals surface area (Å²) in [5.41, 5.74) is 1.27. The summed E-state index contributed by atoms with van der Waals surface area (Å²) in [5, 5.41) is 3.37. The van der Waals surface area contributed by atoms with Gasteiger partial charge in [0.2, 0.25) is 0 Å². The van der Waals surface area contributed by atoms with Crippen LogP contribution in [0.15, 0.2) is 12.3 Å². The molecule has 0 bridgehead atoms. The van der Waals surface area contributed by atoms with E-state index in [-0.39, 0.29) is 0 Å². The van der Waals surface area contributed by atoms with Crippen molar-refractivity contribution in [2.45, 2.75) is 19.4 Å². The molecule has 0 spiro atoms. The summed E-state index contributed by atoms with van der Waals surface area (Å²) in [7, 11) is 0. The van der Waals surface area contributed by atoms with Gasteiger partial charge in [0.15, 0.2) is 0 Å². The Morgan fingerprint density at radius 2 is 2.50 bits per heavy atom. The van der Waals surface area contributed by atoms with Gasteiger partial charge in [0.1, 0.15) is 5.82 Å². The number of anilines is 1. The summed E-state index contributed by atoms with van der Waals surface area (Å²) in [5.74, 6) is 0.957. The monoisotopic (exact) mass is 304 g/mol. The minimum absolute atomic E-state index is 0.432. The fraction of sp³-hybridized carbons (Fsp3) is 0.500. The molecular formula is C10H13IN2O. The van der Waals surface area contributed by atoms with Gasteiger partial charge in [0.25, 0.3) is 0 Å². The third-order valence-electron chi connectivity index (χ3n) is 2.33. The first-order valence-electron chi connectivity index (χ1n) is 4.72. The van der Waals surface area contributed by atoms with Crippen molar-refractivity contribution in [3.8, 4) is 0 Å². The lowest BCUT2D eigenvalue weighted by molar-refractivity contribution is 0.195. The van der Waals surface area contributed by atoms with Crippen molar-refractivity contribution in [3.05, 3.63) is 21.4 Å². The minimum Gasteiger partial charge on any atom is -0.379 e. The average Bonchev–Trinajstić information content (AvgIpc) is 2.64. The van der Waals surface area contributed by atoms with Crippen LogP contribution >= 0.6 is 22.6 Å². The van der Waals surface area contributed by atoms with Gasteiger partial charge >= 0.3 is 0 Å². The Kier molecular flexibility index (Phi) is 3.22. The van der Waals surface area contributed by atoms with Crippen molar-refractivity contribution >= 4 is 28.4 Å². The van der Waals surface area contributed by atoms with Crippen molar-refractivity contribution < 1.29 is 4.74 Å². The van der Waals surface area contributed by atoms with E-state index in [4.69, 9.17) is 4.74 Å². The molecule has 0 radical (unpaired) electrons. The predicted molar refractivity (Wildman–Crippen MR) is 64.5 cm³/mol. The van der Waals surface area contributed by atoms with Gasteiger partial charge in [-0.25, -0.2) is 4.98 Å². The molecule has 0 amide bonds. The molecule has 1 aromatic rings. The molecule has 2 rings (SSSR count). The molecule has 0 aliphatic carbocycles. The highest BCUT2D eigenvalue weighted by Gasteiger charge is 2.15. The molecule has 3 nitrogen and oxygen atoms in total. The van der Waals surface area contributed by atoms with Gasteiger partial charge in [0, 0.05) is 16.4 Å². The van der Waals surface area contributed by atoms with Crippen LogP contribution in [0.2, 0.25) is 0 Å². The molecule has 1 N–H and O–H groups in total. The molecule has 0 saturated carbocycles. The number of nitrogens with zero attached hydrogens (tertiary/aromatic N) is 1. The van der Waals surface area contributed by atoms with Crippen LogP contribution < -0.4 is 5.32 Å². The number of nitrogens with one attached hydrogen (secondary N) is 1. The molecule has 0 aromatic carbocycles. The van der Waals surface area contributed by atoms with Crippen molar-refractivity contribution in [2.24, 2.45) is 0 Å². The van der Waals surface area contributed by atoms with E-state index in [0.29, 0.717) is 6.04 Å². The quantitative estimate of drug-likeness (QED) is 0.851. The number of hydrogen-bond acceptors (Lipinski definition) is 3. The maximum atomic E-state index is 5.29. The normalized spacial score (nSPS) is 21.1. The van der Waals surface area contributed by atoms with Gasteiger partial charge in [-0.1, -0.05) is 0 Å². The Morgan fingerprint density at radius 3 is 3.14 bits per heavy atom. The van der Waals surface area contributed by atoms with Crippen LogP contribution in [0, 0.1) is 10.5 Å². The minimum atomic E-state index is 0.432. The first-order valence-corrected chi connectivity index (χ1v) is 5.80. The van der Waals surface area contributed by atoms with Crippen molar-refractivity contribution in [3.63, 3.8) is 0 Å². The summed E-state index contributed by atoms with van der Waals surface area (Å²) in [6.45, 7) is 3.76.